The van der Waals surface area contributed by atoms with Crippen molar-refractivity contribution in [1.29, 1.82) is 5.26 Å². The molecule has 2 N–H and O–H groups in total. The molecule has 2 aromatic rings. The maximum Gasteiger partial charge on any atom is 0.223 e. The van der Waals surface area contributed by atoms with Gasteiger partial charge in [0.15, 0.2) is 0 Å². The highest BCUT2D eigenvalue weighted by Crippen LogP contribution is 2.28. The van der Waals surface area contributed by atoms with Crippen LogP contribution in [0, 0.1) is 11.3 Å². The molecule has 2 aromatic heterocycles. The highest BCUT2D eigenvalue weighted by atomic mass is 16.5. The van der Waals surface area contributed by atoms with Gasteiger partial charge in [-0.1, -0.05) is 0 Å². The van der Waals surface area contributed by atoms with E-state index in [2.05, 4.69) is 26.7 Å². The van der Waals surface area contributed by atoms with Crippen molar-refractivity contribution in [2.45, 2.75) is 31.4 Å². The van der Waals surface area contributed by atoms with Crippen LogP contribution in [0.25, 0.3) is 10.8 Å². The summed E-state index contributed by atoms with van der Waals surface area (Å²) in [6.07, 6.45) is 4.88. The van der Waals surface area contributed by atoms with Crippen LogP contribution in [0.5, 0.6) is 5.88 Å². The van der Waals surface area contributed by atoms with Crippen LogP contribution in [0.15, 0.2) is 18.3 Å². The van der Waals surface area contributed by atoms with Gasteiger partial charge in [0.2, 0.25) is 5.88 Å². The highest BCUT2D eigenvalue weighted by molar-refractivity contribution is 5.89. The van der Waals surface area contributed by atoms with E-state index in [1.165, 1.54) is 0 Å². The Hall–Kier alpha value is -2.43. The first-order valence-corrected chi connectivity index (χ1v) is 8.74. The first-order chi connectivity index (χ1) is 12.3. The van der Waals surface area contributed by atoms with Gasteiger partial charge in [-0.15, -0.1) is 0 Å². The number of fused-ring (bicyclic) bond motifs is 1. The molecule has 130 valence electrons. The summed E-state index contributed by atoms with van der Waals surface area (Å²) in [5.41, 5.74) is 0.334. The summed E-state index contributed by atoms with van der Waals surface area (Å²) in [5.74, 6) is 1.29. The normalized spacial score (nSPS) is 23.3. The number of ether oxygens (including phenoxy) is 2. The molecular formula is C18H21N5O2. The fraction of sp³-hybridized carbons (Fsp3) is 0.500. The average Bonchev–Trinajstić information content (AvgIpc) is 3.16. The van der Waals surface area contributed by atoms with Crippen molar-refractivity contribution >= 4 is 16.6 Å². The standard InChI is InChI=1S/C18H21N5O2/c19-8-14-6-12-9-21-17(22-13-2-1-4-20-10-13)7-16(12)18(23-14)25-15-3-5-24-11-15/h6-7,9,13,15,20H,1-5,10-11H2,(H,21,22). The SMILES string of the molecule is N#Cc1cc2cnc(NC3CCCNC3)cc2c(OC2CCOC2)n1. The Labute approximate surface area is 146 Å². The lowest BCUT2D eigenvalue weighted by molar-refractivity contribution is 0.139. The number of hydrogen-bond donors (Lipinski definition) is 2. The first-order valence-electron chi connectivity index (χ1n) is 8.74. The average molecular weight is 339 g/mol. The van der Waals surface area contributed by atoms with Gasteiger partial charge in [-0.3, -0.25) is 0 Å². The smallest absolute Gasteiger partial charge is 0.223 e. The van der Waals surface area contributed by atoms with Crippen molar-refractivity contribution in [2.75, 3.05) is 31.6 Å². The van der Waals surface area contributed by atoms with Crippen LogP contribution in [0.3, 0.4) is 0 Å². The second-order valence-corrected chi connectivity index (χ2v) is 6.51. The Balaban J connectivity index is 1.65. The Kier molecular flexibility index (Phi) is 4.63. The third kappa shape index (κ3) is 3.65. The minimum atomic E-state index is -0.0169. The molecule has 2 atom stereocenters. The van der Waals surface area contributed by atoms with Crippen LogP contribution in [0.4, 0.5) is 5.82 Å². The van der Waals surface area contributed by atoms with Gasteiger partial charge in [0.25, 0.3) is 0 Å². The van der Waals surface area contributed by atoms with E-state index in [1.807, 2.05) is 6.07 Å². The van der Waals surface area contributed by atoms with E-state index in [0.29, 0.717) is 30.8 Å². The molecule has 25 heavy (non-hydrogen) atoms. The zero-order valence-corrected chi connectivity index (χ0v) is 14.0. The molecule has 2 saturated heterocycles. The molecule has 2 aliphatic rings. The van der Waals surface area contributed by atoms with Crippen molar-refractivity contribution in [2.24, 2.45) is 0 Å². The Morgan fingerprint density at radius 1 is 1.36 bits per heavy atom. The number of nitrogens with zero attached hydrogens (tertiary/aromatic N) is 3. The number of pyridine rings is 2. The van der Waals surface area contributed by atoms with Crippen molar-refractivity contribution < 1.29 is 9.47 Å². The molecule has 0 radical (unpaired) electrons. The quantitative estimate of drug-likeness (QED) is 0.878. The molecular weight excluding hydrogens is 318 g/mol. The van der Waals surface area contributed by atoms with Crippen LogP contribution < -0.4 is 15.4 Å². The lowest BCUT2D eigenvalue weighted by atomic mass is 10.1. The summed E-state index contributed by atoms with van der Waals surface area (Å²) in [4.78, 5) is 8.86. The monoisotopic (exact) mass is 339 g/mol. The number of nitrogens with one attached hydrogen (secondary N) is 2. The molecule has 4 heterocycles. The minimum absolute atomic E-state index is 0.0169. The summed E-state index contributed by atoms with van der Waals surface area (Å²) in [5, 5.41) is 17.8. The van der Waals surface area contributed by atoms with E-state index in [0.717, 1.165) is 48.9 Å². The molecule has 0 spiro atoms. The summed E-state index contributed by atoms with van der Waals surface area (Å²) >= 11 is 0. The molecule has 2 fully saturated rings. The Morgan fingerprint density at radius 2 is 2.32 bits per heavy atom. The number of rotatable bonds is 4. The number of piperidine rings is 1. The van der Waals surface area contributed by atoms with Crippen LogP contribution in [-0.4, -0.2) is 48.4 Å². The van der Waals surface area contributed by atoms with Gasteiger partial charge in [-0.05, 0) is 31.5 Å². The van der Waals surface area contributed by atoms with Gasteiger partial charge in [-0.2, -0.15) is 5.26 Å². The number of anilines is 1. The van der Waals surface area contributed by atoms with E-state index in [9.17, 15) is 5.26 Å². The molecule has 0 bridgehead atoms. The molecule has 2 aliphatic heterocycles. The predicted molar refractivity (Wildman–Crippen MR) is 93.6 cm³/mol. The Bertz CT molecular complexity index is 792. The van der Waals surface area contributed by atoms with Gasteiger partial charge >= 0.3 is 0 Å². The molecule has 0 saturated carbocycles. The molecule has 7 nitrogen and oxygen atoms in total. The zero-order chi connectivity index (χ0) is 17.1. The van der Waals surface area contributed by atoms with Crippen LogP contribution in [0.1, 0.15) is 25.0 Å². The Morgan fingerprint density at radius 3 is 3.08 bits per heavy atom. The highest BCUT2D eigenvalue weighted by Gasteiger charge is 2.20. The third-order valence-corrected chi connectivity index (χ3v) is 4.61. The molecule has 2 unspecified atom stereocenters. The first kappa shape index (κ1) is 16.1. The molecule has 7 heteroatoms. The molecule has 0 aromatic carbocycles. The van der Waals surface area contributed by atoms with E-state index < -0.39 is 0 Å². The van der Waals surface area contributed by atoms with E-state index in [1.54, 1.807) is 12.3 Å². The summed E-state index contributed by atoms with van der Waals surface area (Å²) in [6.45, 7) is 3.27. The fourth-order valence-corrected chi connectivity index (χ4v) is 3.29. The van der Waals surface area contributed by atoms with Gasteiger partial charge < -0.3 is 20.1 Å². The molecule has 4 rings (SSSR count). The fourth-order valence-electron chi connectivity index (χ4n) is 3.29. The predicted octanol–water partition coefficient (Wildman–Crippen LogP) is 1.83. The van der Waals surface area contributed by atoms with Crippen LogP contribution in [0.2, 0.25) is 0 Å². The summed E-state index contributed by atoms with van der Waals surface area (Å²) in [7, 11) is 0. The third-order valence-electron chi connectivity index (χ3n) is 4.61. The largest absolute Gasteiger partial charge is 0.471 e. The lowest BCUT2D eigenvalue weighted by Gasteiger charge is -2.24. The second kappa shape index (κ2) is 7.21. The zero-order valence-electron chi connectivity index (χ0n) is 14.0. The van der Waals surface area contributed by atoms with Crippen LogP contribution >= 0.6 is 0 Å². The van der Waals surface area contributed by atoms with Crippen LogP contribution in [-0.2, 0) is 4.74 Å². The maximum absolute atomic E-state index is 9.22. The van der Waals surface area contributed by atoms with Crippen molar-refractivity contribution in [3.05, 3.63) is 24.0 Å². The number of hydrogen-bond acceptors (Lipinski definition) is 7. The van der Waals surface area contributed by atoms with E-state index in [4.69, 9.17) is 9.47 Å². The van der Waals surface area contributed by atoms with Gasteiger partial charge in [0, 0.05) is 36.0 Å². The van der Waals surface area contributed by atoms with Crippen molar-refractivity contribution in [3.63, 3.8) is 0 Å². The van der Waals surface area contributed by atoms with E-state index in [-0.39, 0.29) is 6.10 Å². The van der Waals surface area contributed by atoms with E-state index >= 15 is 0 Å². The number of nitriles is 1. The van der Waals surface area contributed by atoms with Gasteiger partial charge in [0.1, 0.15) is 23.7 Å². The van der Waals surface area contributed by atoms with Gasteiger partial charge in [0.05, 0.1) is 13.2 Å². The maximum atomic E-state index is 9.22. The minimum Gasteiger partial charge on any atom is -0.471 e. The molecule has 0 aliphatic carbocycles. The number of aromatic nitrogens is 2. The van der Waals surface area contributed by atoms with Crippen molar-refractivity contribution in [1.82, 2.24) is 15.3 Å². The van der Waals surface area contributed by atoms with Crippen molar-refractivity contribution in [3.8, 4) is 11.9 Å². The lowest BCUT2D eigenvalue weighted by Crippen LogP contribution is -2.38. The summed E-state index contributed by atoms with van der Waals surface area (Å²) < 4.78 is 11.4. The molecule has 0 amide bonds. The van der Waals surface area contributed by atoms with Gasteiger partial charge in [-0.25, -0.2) is 9.97 Å². The second-order valence-electron chi connectivity index (χ2n) is 6.51. The summed E-state index contributed by atoms with van der Waals surface area (Å²) in [6, 6.07) is 6.17. The topological polar surface area (TPSA) is 92.1 Å².